The molecule has 1 aromatic heterocycles. The van der Waals surface area contributed by atoms with Crippen LogP contribution in [0.1, 0.15) is 34.6 Å². The second-order valence-electron chi connectivity index (χ2n) is 6.13. The van der Waals surface area contributed by atoms with Gasteiger partial charge >= 0.3 is 0 Å². The molecule has 0 aliphatic carbocycles. The largest absolute Gasteiger partial charge is 0.474 e. The molecule has 7 nitrogen and oxygen atoms in total. The second-order valence-corrected chi connectivity index (χ2v) is 6.13. The topological polar surface area (TPSA) is 92.0 Å². The third kappa shape index (κ3) is 8.31. The third-order valence-electron chi connectivity index (χ3n) is 2.31. The Labute approximate surface area is 125 Å². The molecule has 2 N–H and O–H groups in total. The number of ether oxygens (including phenoxy) is 1. The lowest BCUT2D eigenvalue weighted by atomic mass is 10.1. The zero-order valence-corrected chi connectivity index (χ0v) is 13.4. The molecule has 1 unspecified atom stereocenters. The van der Waals surface area contributed by atoms with Crippen LogP contribution in [-0.2, 0) is 0 Å². The molecule has 0 saturated carbocycles. The summed E-state index contributed by atoms with van der Waals surface area (Å²) in [6.07, 6.45) is -0.605. The number of β-amino-alcohol motifs (C(OH)–C–C–N with tert-alkyl or cyclic N) is 1. The predicted octanol–water partition coefficient (Wildman–Crippen LogP) is 2.10. The van der Waals surface area contributed by atoms with E-state index in [1.165, 1.54) is 0 Å². The molecule has 0 amide bonds. The molecule has 0 radical (unpaired) electrons. The van der Waals surface area contributed by atoms with Crippen LogP contribution in [0, 0.1) is 0 Å². The summed E-state index contributed by atoms with van der Waals surface area (Å²) >= 11 is 0. The van der Waals surface area contributed by atoms with Gasteiger partial charge in [0.15, 0.2) is 5.82 Å². The van der Waals surface area contributed by atoms with Crippen molar-refractivity contribution in [3.05, 3.63) is 12.1 Å². The predicted molar refractivity (Wildman–Crippen MR) is 80.9 cm³/mol. The molecule has 0 aromatic carbocycles. The number of aromatic nitrogens is 2. The summed E-state index contributed by atoms with van der Waals surface area (Å²) in [5, 5.41) is 28.7. The van der Waals surface area contributed by atoms with Gasteiger partial charge in [0.25, 0.3) is 0 Å². The summed E-state index contributed by atoms with van der Waals surface area (Å²) in [7, 11) is 0. The Bertz CT molecular complexity index is 440. The van der Waals surface area contributed by atoms with Crippen LogP contribution in [0.3, 0.4) is 0 Å². The third-order valence-corrected chi connectivity index (χ3v) is 2.31. The first-order valence-corrected chi connectivity index (χ1v) is 7.07. The Morgan fingerprint density at radius 3 is 2.52 bits per heavy atom. The van der Waals surface area contributed by atoms with E-state index in [1.54, 1.807) is 12.1 Å². The highest BCUT2D eigenvalue weighted by Crippen LogP contribution is 2.12. The van der Waals surface area contributed by atoms with Crippen LogP contribution in [0.5, 0.6) is 5.88 Å². The van der Waals surface area contributed by atoms with E-state index in [0.717, 1.165) is 0 Å². The summed E-state index contributed by atoms with van der Waals surface area (Å²) in [5.74, 6) is 0.791. The maximum Gasteiger partial charge on any atom is 0.233 e. The quantitative estimate of drug-likeness (QED) is 0.751. The molecule has 0 spiro atoms. The summed E-state index contributed by atoms with van der Waals surface area (Å²) in [6, 6.07) is 3.45. The summed E-state index contributed by atoms with van der Waals surface area (Å²) in [5.41, 5.74) is -0.0378. The molecular weight excluding hydrogens is 270 g/mol. The van der Waals surface area contributed by atoms with Gasteiger partial charge in [-0.1, -0.05) is 0 Å². The maximum absolute atomic E-state index is 9.80. The minimum absolute atomic E-state index is 0.0378. The van der Waals surface area contributed by atoms with Gasteiger partial charge in [-0.2, -0.15) is 5.11 Å². The van der Waals surface area contributed by atoms with Crippen molar-refractivity contribution in [2.45, 2.75) is 52.3 Å². The number of hydrogen-bond acceptors (Lipinski definition) is 7. The van der Waals surface area contributed by atoms with Crippen molar-refractivity contribution in [1.82, 2.24) is 15.5 Å². The van der Waals surface area contributed by atoms with E-state index >= 15 is 0 Å². The van der Waals surface area contributed by atoms with Gasteiger partial charge in [0.1, 0.15) is 12.7 Å². The first-order chi connectivity index (χ1) is 9.76. The molecule has 1 aromatic rings. The van der Waals surface area contributed by atoms with Gasteiger partial charge < -0.3 is 15.2 Å². The Hall–Kier alpha value is -1.60. The van der Waals surface area contributed by atoms with Gasteiger partial charge in [-0.25, -0.2) is 0 Å². The lowest BCUT2D eigenvalue weighted by molar-refractivity contribution is 0.0972. The van der Waals surface area contributed by atoms with Gasteiger partial charge in [0.2, 0.25) is 5.88 Å². The molecule has 1 rings (SSSR count). The van der Waals surface area contributed by atoms with Gasteiger partial charge in [0, 0.05) is 18.2 Å². The van der Waals surface area contributed by atoms with Crippen molar-refractivity contribution in [2.75, 3.05) is 13.2 Å². The van der Waals surface area contributed by atoms with E-state index in [9.17, 15) is 5.11 Å². The average Bonchev–Trinajstić information content (AvgIpc) is 2.41. The highest BCUT2D eigenvalue weighted by Gasteiger charge is 2.12. The minimum Gasteiger partial charge on any atom is -0.474 e. The molecule has 0 aliphatic rings. The zero-order valence-electron chi connectivity index (χ0n) is 13.4. The average molecular weight is 295 g/mol. The molecular formula is C14H25N5O2. The first kappa shape index (κ1) is 17.5. The fourth-order valence-electron chi connectivity index (χ4n) is 1.28. The lowest BCUT2D eigenvalue weighted by Gasteiger charge is -2.22. The Kier molecular flexibility index (Phi) is 6.64. The standard InChI is InChI=1S/C14H25N5O2/c1-10(2)16-17-12-6-7-13(19-18-12)21-9-11(20)8-15-14(3,4)5/h6-7,10-11,15,20H,8-9H2,1-5H3. The molecule has 1 heterocycles. The van der Waals surface area contributed by atoms with Crippen molar-refractivity contribution in [3.8, 4) is 5.88 Å². The number of aliphatic hydroxyl groups excluding tert-OH is 1. The highest BCUT2D eigenvalue weighted by molar-refractivity contribution is 5.26. The van der Waals surface area contributed by atoms with Gasteiger partial charge in [0.05, 0.1) is 6.04 Å². The van der Waals surface area contributed by atoms with Crippen molar-refractivity contribution >= 4 is 5.82 Å². The highest BCUT2D eigenvalue weighted by atomic mass is 16.5. The number of nitrogens with zero attached hydrogens (tertiary/aromatic N) is 4. The van der Waals surface area contributed by atoms with Crippen LogP contribution in [0.2, 0.25) is 0 Å². The Morgan fingerprint density at radius 1 is 1.29 bits per heavy atom. The number of aliphatic hydroxyl groups is 1. The molecule has 0 saturated heterocycles. The monoisotopic (exact) mass is 295 g/mol. The van der Waals surface area contributed by atoms with E-state index in [0.29, 0.717) is 18.2 Å². The van der Waals surface area contributed by atoms with Crippen LogP contribution >= 0.6 is 0 Å². The fraction of sp³-hybridized carbons (Fsp3) is 0.714. The van der Waals surface area contributed by atoms with Gasteiger partial charge in [-0.3, -0.25) is 0 Å². The van der Waals surface area contributed by atoms with E-state index in [4.69, 9.17) is 4.74 Å². The van der Waals surface area contributed by atoms with Gasteiger partial charge in [-0.15, -0.1) is 15.3 Å². The lowest BCUT2D eigenvalue weighted by Crippen LogP contribution is -2.42. The molecule has 7 heteroatoms. The molecule has 1 atom stereocenters. The number of nitrogens with one attached hydrogen (secondary N) is 1. The fourth-order valence-corrected chi connectivity index (χ4v) is 1.28. The molecule has 0 bridgehead atoms. The summed E-state index contributed by atoms with van der Waals surface area (Å²) in [6.45, 7) is 10.6. The Balaban J connectivity index is 2.39. The first-order valence-electron chi connectivity index (χ1n) is 7.07. The van der Waals surface area contributed by atoms with Crippen molar-refractivity contribution in [2.24, 2.45) is 10.2 Å². The van der Waals surface area contributed by atoms with Crippen LogP contribution in [0.4, 0.5) is 5.82 Å². The van der Waals surface area contributed by atoms with E-state index in [2.05, 4.69) is 25.7 Å². The normalized spacial score (nSPS) is 13.9. The van der Waals surface area contributed by atoms with E-state index in [1.807, 2.05) is 34.6 Å². The van der Waals surface area contributed by atoms with Crippen LogP contribution < -0.4 is 10.1 Å². The van der Waals surface area contributed by atoms with E-state index < -0.39 is 6.10 Å². The minimum atomic E-state index is -0.605. The van der Waals surface area contributed by atoms with Crippen molar-refractivity contribution in [3.63, 3.8) is 0 Å². The Morgan fingerprint density at radius 2 is 2.00 bits per heavy atom. The number of hydrogen-bond donors (Lipinski definition) is 2. The maximum atomic E-state index is 9.80. The van der Waals surface area contributed by atoms with Gasteiger partial charge in [-0.05, 0) is 40.7 Å². The number of rotatable bonds is 7. The molecule has 0 aliphatic heterocycles. The summed E-state index contributed by atoms with van der Waals surface area (Å²) in [4.78, 5) is 0. The zero-order chi connectivity index (χ0) is 15.9. The SMILES string of the molecule is CC(C)N=Nc1ccc(OCC(O)CNC(C)(C)C)nn1. The second kappa shape index (κ2) is 7.99. The van der Waals surface area contributed by atoms with Crippen molar-refractivity contribution in [1.29, 1.82) is 0 Å². The van der Waals surface area contributed by atoms with E-state index in [-0.39, 0.29) is 18.2 Å². The smallest absolute Gasteiger partial charge is 0.233 e. The molecule has 0 fully saturated rings. The van der Waals surface area contributed by atoms with Crippen molar-refractivity contribution < 1.29 is 9.84 Å². The van der Waals surface area contributed by atoms with Crippen LogP contribution in [0.15, 0.2) is 22.4 Å². The molecule has 21 heavy (non-hydrogen) atoms. The molecule has 118 valence electrons. The van der Waals surface area contributed by atoms with Crippen LogP contribution in [-0.4, -0.2) is 46.1 Å². The number of azo groups is 1. The summed E-state index contributed by atoms with van der Waals surface area (Å²) < 4.78 is 5.38. The van der Waals surface area contributed by atoms with Crippen LogP contribution in [0.25, 0.3) is 0 Å².